The second-order valence-corrected chi connectivity index (χ2v) is 4.26. The van der Waals surface area contributed by atoms with E-state index in [-0.39, 0.29) is 23.6 Å². The van der Waals surface area contributed by atoms with Crippen LogP contribution in [0.1, 0.15) is 23.2 Å². The lowest BCUT2D eigenvalue weighted by molar-refractivity contribution is -0.133. The zero-order valence-corrected chi connectivity index (χ0v) is 9.97. The highest BCUT2D eigenvalue weighted by Crippen LogP contribution is 2.20. The smallest absolute Gasteiger partial charge is 0.337 e. The predicted molar refractivity (Wildman–Crippen MR) is 67.6 cm³/mol. The molecule has 7 heteroatoms. The van der Waals surface area contributed by atoms with Crippen molar-refractivity contribution in [2.45, 2.75) is 18.9 Å². The number of nitrogens with one attached hydrogen (secondary N) is 2. The van der Waals surface area contributed by atoms with E-state index in [1.165, 1.54) is 12.1 Å². The van der Waals surface area contributed by atoms with Crippen LogP contribution in [0.2, 0.25) is 0 Å². The summed E-state index contributed by atoms with van der Waals surface area (Å²) in [5, 5.41) is 14.1. The molecule has 2 rings (SSSR count). The zero-order valence-electron chi connectivity index (χ0n) is 9.97. The van der Waals surface area contributed by atoms with Crippen molar-refractivity contribution in [2.24, 2.45) is 0 Å². The molecular formula is C12H13N3O4. The Kier molecular flexibility index (Phi) is 3.37. The molecule has 19 heavy (non-hydrogen) atoms. The summed E-state index contributed by atoms with van der Waals surface area (Å²) in [5.41, 5.74) is 6.13. The summed E-state index contributed by atoms with van der Waals surface area (Å²) < 4.78 is 0. The molecule has 1 aromatic carbocycles. The molecule has 1 atom stereocenters. The lowest BCUT2D eigenvalue weighted by atomic mass is 10.1. The van der Waals surface area contributed by atoms with Gasteiger partial charge in [-0.25, -0.2) is 4.79 Å². The van der Waals surface area contributed by atoms with Crippen LogP contribution in [0, 0.1) is 0 Å². The Morgan fingerprint density at radius 2 is 2.16 bits per heavy atom. The van der Waals surface area contributed by atoms with Crippen molar-refractivity contribution in [3.63, 3.8) is 0 Å². The number of imide groups is 1. The number of rotatable bonds is 3. The standard InChI is InChI=1S/C12H13N3O4/c13-8-2-1-6(5-7(8)12(18)19)14-9-3-4-10(16)15-11(9)17/h1-2,5,9,14H,3-4,13H2,(H,18,19)(H,15,16,17). The first-order valence-electron chi connectivity index (χ1n) is 5.70. The molecule has 0 spiro atoms. The number of amides is 2. The number of hydrogen-bond donors (Lipinski definition) is 4. The van der Waals surface area contributed by atoms with Gasteiger partial charge in [-0.2, -0.15) is 0 Å². The fraction of sp³-hybridized carbons (Fsp3) is 0.250. The van der Waals surface area contributed by atoms with E-state index in [2.05, 4.69) is 10.6 Å². The molecule has 0 bridgehead atoms. The first-order chi connectivity index (χ1) is 8.97. The summed E-state index contributed by atoms with van der Waals surface area (Å²) in [6.45, 7) is 0. The van der Waals surface area contributed by atoms with Gasteiger partial charge in [0.05, 0.1) is 5.56 Å². The number of piperidine rings is 1. The number of carbonyl (C=O) groups excluding carboxylic acids is 2. The fourth-order valence-electron chi connectivity index (χ4n) is 1.86. The minimum Gasteiger partial charge on any atom is -0.478 e. The highest BCUT2D eigenvalue weighted by molar-refractivity contribution is 6.01. The van der Waals surface area contributed by atoms with Crippen molar-refractivity contribution in [3.8, 4) is 0 Å². The van der Waals surface area contributed by atoms with Gasteiger partial charge in [-0.05, 0) is 24.6 Å². The Labute approximate surface area is 108 Å². The SMILES string of the molecule is Nc1ccc(NC2CCC(=O)NC2=O)cc1C(=O)O. The number of aromatic carboxylic acids is 1. The molecule has 1 saturated heterocycles. The summed E-state index contributed by atoms with van der Waals surface area (Å²) in [5.74, 6) is -1.85. The highest BCUT2D eigenvalue weighted by Gasteiger charge is 2.26. The van der Waals surface area contributed by atoms with Gasteiger partial charge >= 0.3 is 5.97 Å². The van der Waals surface area contributed by atoms with Crippen LogP contribution in [0.3, 0.4) is 0 Å². The Morgan fingerprint density at radius 1 is 1.42 bits per heavy atom. The molecule has 0 aliphatic carbocycles. The maximum absolute atomic E-state index is 11.6. The maximum Gasteiger partial charge on any atom is 0.337 e. The molecule has 1 fully saturated rings. The van der Waals surface area contributed by atoms with Crippen molar-refractivity contribution in [3.05, 3.63) is 23.8 Å². The monoisotopic (exact) mass is 263 g/mol. The van der Waals surface area contributed by atoms with E-state index < -0.39 is 17.9 Å². The van der Waals surface area contributed by atoms with Crippen molar-refractivity contribution in [1.82, 2.24) is 5.32 Å². The van der Waals surface area contributed by atoms with E-state index in [0.29, 0.717) is 12.1 Å². The van der Waals surface area contributed by atoms with Gasteiger partial charge in [0, 0.05) is 17.8 Å². The number of benzene rings is 1. The van der Waals surface area contributed by atoms with Gasteiger partial charge in [0.2, 0.25) is 11.8 Å². The first-order valence-corrected chi connectivity index (χ1v) is 5.70. The summed E-state index contributed by atoms with van der Waals surface area (Å²) >= 11 is 0. The van der Waals surface area contributed by atoms with Crippen LogP contribution in [0.4, 0.5) is 11.4 Å². The third-order valence-electron chi connectivity index (χ3n) is 2.86. The summed E-state index contributed by atoms with van der Waals surface area (Å²) in [7, 11) is 0. The van der Waals surface area contributed by atoms with E-state index in [9.17, 15) is 14.4 Å². The normalized spacial score (nSPS) is 18.8. The van der Waals surface area contributed by atoms with E-state index in [1.807, 2.05) is 0 Å². The largest absolute Gasteiger partial charge is 0.478 e. The number of nitrogen functional groups attached to an aromatic ring is 1. The maximum atomic E-state index is 11.6. The molecule has 1 heterocycles. The van der Waals surface area contributed by atoms with Crippen molar-refractivity contribution in [1.29, 1.82) is 0 Å². The molecule has 1 aromatic rings. The number of anilines is 2. The van der Waals surface area contributed by atoms with Crippen molar-refractivity contribution < 1.29 is 19.5 Å². The molecule has 100 valence electrons. The quantitative estimate of drug-likeness (QED) is 0.456. The van der Waals surface area contributed by atoms with E-state index in [0.717, 1.165) is 0 Å². The number of nitrogens with two attached hydrogens (primary N) is 1. The van der Waals surface area contributed by atoms with Crippen molar-refractivity contribution >= 4 is 29.2 Å². The van der Waals surface area contributed by atoms with Gasteiger partial charge < -0.3 is 16.2 Å². The number of carbonyl (C=O) groups is 3. The van der Waals surface area contributed by atoms with Crippen LogP contribution in [0.5, 0.6) is 0 Å². The van der Waals surface area contributed by atoms with Crippen LogP contribution in [0.15, 0.2) is 18.2 Å². The topological polar surface area (TPSA) is 122 Å². The fourth-order valence-corrected chi connectivity index (χ4v) is 1.86. The lowest BCUT2D eigenvalue weighted by Gasteiger charge is -2.23. The van der Waals surface area contributed by atoms with Crippen LogP contribution in [-0.4, -0.2) is 28.9 Å². The molecule has 5 N–H and O–H groups in total. The number of hydrogen-bond acceptors (Lipinski definition) is 5. The Morgan fingerprint density at radius 3 is 2.79 bits per heavy atom. The van der Waals surface area contributed by atoms with Gasteiger partial charge in [0.1, 0.15) is 6.04 Å². The molecular weight excluding hydrogens is 250 g/mol. The van der Waals surface area contributed by atoms with E-state index in [1.54, 1.807) is 6.07 Å². The third kappa shape index (κ3) is 2.82. The first kappa shape index (κ1) is 12.9. The molecule has 2 amide bonds. The van der Waals surface area contributed by atoms with Crippen LogP contribution in [-0.2, 0) is 9.59 Å². The molecule has 1 aliphatic heterocycles. The minimum atomic E-state index is -1.13. The Hall–Kier alpha value is -2.57. The van der Waals surface area contributed by atoms with Crippen LogP contribution >= 0.6 is 0 Å². The Bertz CT molecular complexity index is 556. The Balaban J connectivity index is 2.15. The summed E-state index contributed by atoms with van der Waals surface area (Å²) in [4.78, 5) is 33.5. The molecule has 1 aliphatic rings. The lowest BCUT2D eigenvalue weighted by Crippen LogP contribution is -2.47. The van der Waals surface area contributed by atoms with Crippen molar-refractivity contribution in [2.75, 3.05) is 11.1 Å². The van der Waals surface area contributed by atoms with Gasteiger partial charge in [0.15, 0.2) is 0 Å². The van der Waals surface area contributed by atoms with E-state index >= 15 is 0 Å². The van der Waals surface area contributed by atoms with Crippen LogP contribution in [0.25, 0.3) is 0 Å². The highest BCUT2D eigenvalue weighted by atomic mass is 16.4. The number of carboxylic acids is 1. The molecule has 0 saturated carbocycles. The summed E-state index contributed by atoms with van der Waals surface area (Å²) in [6, 6.07) is 3.85. The molecule has 0 aromatic heterocycles. The average Bonchev–Trinajstić information content (AvgIpc) is 2.34. The second kappa shape index (κ2) is 4.97. The van der Waals surface area contributed by atoms with Gasteiger partial charge in [-0.1, -0.05) is 0 Å². The minimum absolute atomic E-state index is 0.0303. The summed E-state index contributed by atoms with van der Waals surface area (Å²) in [6.07, 6.45) is 0.627. The second-order valence-electron chi connectivity index (χ2n) is 4.26. The molecule has 0 radical (unpaired) electrons. The van der Waals surface area contributed by atoms with Gasteiger partial charge in [0.25, 0.3) is 0 Å². The van der Waals surface area contributed by atoms with Gasteiger partial charge in [-0.15, -0.1) is 0 Å². The van der Waals surface area contributed by atoms with E-state index in [4.69, 9.17) is 10.8 Å². The average molecular weight is 263 g/mol. The molecule has 1 unspecified atom stereocenters. The molecule has 7 nitrogen and oxygen atoms in total. The zero-order chi connectivity index (χ0) is 14.0. The van der Waals surface area contributed by atoms with Crippen LogP contribution < -0.4 is 16.4 Å². The number of carboxylic acid groups (broad SMARTS) is 1. The van der Waals surface area contributed by atoms with Gasteiger partial charge in [-0.3, -0.25) is 14.9 Å². The third-order valence-corrected chi connectivity index (χ3v) is 2.86. The predicted octanol–water partition coefficient (Wildman–Crippen LogP) is 0.184.